The predicted octanol–water partition coefficient (Wildman–Crippen LogP) is 6.77. The number of rotatable bonds is 7. The van der Waals surface area contributed by atoms with E-state index in [-0.39, 0.29) is 12.5 Å². The average Bonchev–Trinajstić information content (AvgIpc) is 2.68. The van der Waals surface area contributed by atoms with Gasteiger partial charge in [0.25, 0.3) is 5.91 Å². The van der Waals surface area contributed by atoms with Crippen LogP contribution in [0.1, 0.15) is 22.3 Å². The molecule has 0 aliphatic heterocycles. The van der Waals surface area contributed by atoms with Gasteiger partial charge in [0.05, 0.1) is 8.95 Å². The molecule has 1 amide bonds. The van der Waals surface area contributed by atoms with Crippen LogP contribution in [0.3, 0.4) is 0 Å². The Bertz CT molecular complexity index is 1040. The molecule has 156 valence electrons. The Labute approximate surface area is 194 Å². The van der Waals surface area contributed by atoms with Gasteiger partial charge in [0.15, 0.2) is 6.61 Å². The first-order chi connectivity index (χ1) is 14.3. The Kier molecular flexibility index (Phi) is 7.56. The molecule has 0 atom stereocenters. The van der Waals surface area contributed by atoms with Crippen LogP contribution in [0.5, 0.6) is 5.75 Å². The molecular weight excluding hydrogens is 508 g/mol. The lowest BCUT2D eigenvalue weighted by Crippen LogP contribution is -2.20. The van der Waals surface area contributed by atoms with Gasteiger partial charge in [-0.3, -0.25) is 4.79 Å². The molecule has 0 aliphatic carbocycles. The lowest BCUT2D eigenvalue weighted by molar-refractivity contribution is -0.118. The van der Waals surface area contributed by atoms with E-state index in [9.17, 15) is 4.79 Å². The van der Waals surface area contributed by atoms with Crippen molar-refractivity contribution in [2.75, 3.05) is 17.2 Å². The lowest BCUT2D eigenvalue weighted by atomic mass is 10.1. The largest absolute Gasteiger partial charge is 0.481 e. The Morgan fingerprint density at radius 2 is 1.63 bits per heavy atom. The summed E-state index contributed by atoms with van der Waals surface area (Å²) < 4.78 is 7.34. The van der Waals surface area contributed by atoms with E-state index < -0.39 is 0 Å². The molecule has 0 saturated carbocycles. The number of carbonyl (C=O) groups excluding carboxylic acids is 1. The van der Waals surface area contributed by atoms with E-state index in [1.807, 2.05) is 43.3 Å². The fraction of sp³-hybridized carbons (Fsp3) is 0.208. The third kappa shape index (κ3) is 6.09. The summed E-state index contributed by atoms with van der Waals surface area (Å²) in [6, 6.07) is 18.0. The number of amides is 1. The van der Waals surface area contributed by atoms with Crippen LogP contribution in [-0.4, -0.2) is 12.5 Å². The van der Waals surface area contributed by atoms with Crippen molar-refractivity contribution < 1.29 is 9.53 Å². The highest BCUT2D eigenvalue weighted by Gasteiger charge is 2.12. The highest BCUT2D eigenvalue weighted by molar-refractivity contribution is 9.11. The minimum absolute atomic E-state index is 0.0781. The normalized spacial score (nSPS) is 10.6. The molecule has 4 nitrogen and oxygen atoms in total. The van der Waals surface area contributed by atoms with Crippen LogP contribution < -0.4 is 15.4 Å². The first-order valence-electron chi connectivity index (χ1n) is 9.60. The van der Waals surface area contributed by atoms with Gasteiger partial charge in [-0.05, 0) is 105 Å². The monoisotopic (exact) mass is 530 g/mol. The van der Waals surface area contributed by atoms with Gasteiger partial charge in [0.1, 0.15) is 5.75 Å². The van der Waals surface area contributed by atoms with Crippen LogP contribution in [0.2, 0.25) is 0 Å². The highest BCUT2D eigenvalue weighted by Crippen LogP contribution is 2.35. The summed E-state index contributed by atoms with van der Waals surface area (Å²) >= 11 is 7.12. The van der Waals surface area contributed by atoms with Gasteiger partial charge >= 0.3 is 0 Å². The van der Waals surface area contributed by atoms with E-state index in [2.05, 4.69) is 74.5 Å². The smallest absolute Gasteiger partial charge is 0.262 e. The Hall–Kier alpha value is -2.31. The second-order valence-electron chi connectivity index (χ2n) is 7.27. The van der Waals surface area contributed by atoms with Crippen LogP contribution >= 0.6 is 31.9 Å². The number of hydrogen-bond donors (Lipinski definition) is 2. The van der Waals surface area contributed by atoms with Crippen LogP contribution in [0.25, 0.3) is 0 Å². The quantitative estimate of drug-likeness (QED) is 0.354. The van der Waals surface area contributed by atoms with Crippen molar-refractivity contribution in [3.05, 3.63) is 85.8 Å². The van der Waals surface area contributed by atoms with Crippen molar-refractivity contribution in [1.29, 1.82) is 0 Å². The number of aryl methyl sites for hydroxylation is 3. The molecule has 6 heteroatoms. The summed E-state index contributed by atoms with van der Waals surface area (Å²) in [6.45, 7) is 6.75. The lowest BCUT2D eigenvalue weighted by Gasteiger charge is -2.14. The van der Waals surface area contributed by atoms with Crippen LogP contribution in [0.15, 0.2) is 63.5 Å². The molecule has 0 radical (unpaired) electrons. The van der Waals surface area contributed by atoms with Gasteiger partial charge in [0, 0.05) is 17.9 Å². The molecule has 0 bridgehead atoms. The molecule has 0 aromatic heterocycles. The molecule has 0 fully saturated rings. The molecule has 2 N–H and O–H groups in total. The minimum atomic E-state index is -0.208. The van der Waals surface area contributed by atoms with Gasteiger partial charge in [-0.1, -0.05) is 24.3 Å². The topological polar surface area (TPSA) is 50.4 Å². The zero-order chi connectivity index (χ0) is 21.7. The number of benzene rings is 3. The van der Waals surface area contributed by atoms with Crippen molar-refractivity contribution in [1.82, 2.24) is 0 Å². The standard InChI is InChI=1S/C24H24Br2N2O2/c1-15-5-4-6-19(9-15)28-23(29)14-30-24-20(25)11-18(12-21(24)26)13-27-22-10-16(2)7-8-17(22)3/h4-12,27H,13-14H2,1-3H3,(H,28,29). The SMILES string of the molecule is Cc1cccc(NC(=O)COc2c(Br)cc(CNc3cc(C)ccc3C)cc2Br)c1. The number of nitrogens with one attached hydrogen (secondary N) is 2. The van der Waals surface area contributed by atoms with E-state index in [1.54, 1.807) is 0 Å². The number of halogens is 2. The fourth-order valence-corrected chi connectivity index (χ4v) is 4.54. The maximum atomic E-state index is 12.2. The highest BCUT2D eigenvalue weighted by atomic mass is 79.9. The third-order valence-electron chi connectivity index (χ3n) is 4.58. The second-order valence-corrected chi connectivity index (χ2v) is 8.98. The van der Waals surface area contributed by atoms with Crippen LogP contribution in [0.4, 0.5) is 11.4 Å². The van der Waals surface area contributed by atoms with E-state index in [0.717, 1.165) is 31.4 Å². The molecule has 0 unspecified atom stereocenters. The molecule has 0 aliphatic rings. The summed E-state index contributed by atoms with van der Waals surface area (Å²) in [5, 5.41) is 6.33. The first-order valence-corrected chi connectivity index (χ1v) is 11.2. The molecule has 3 aromatic carbocycles. The maximum absolute atomic E-state index is 12.2. The Morgan fingerprint density at radius 3 is 2.33 bits per heavy atom. The van der Waals surface area contributed by atoms with E-state index in [0.29, 0.717) is 12.3 Å². The van der Waals surface area contributed by atoms with Crippen molar-refractivity contribution >= 4 is 49.1 Å². The summed E-state index contributed by atoms with van der Waals surface area (Å²) in [5.74, 6) is 0.393. The Morgan fingerprint density at radius 1 is 0.933 bits per heavy atom. The number of anilines is 2. The van der Waals surface area contributed by atoms with Gasteiger partial charge in [-0.2, -0.15) is 0 Å². The van der Waals surface area contributed by atoms with Gasteiger partial charge < -0.3 is 15.4 Å². The van der Waals surface area contributed by atoms with Gasteiger partial charge in [0.2, 0.25) is 0 Å². The number of carbonyl (C=O) groups is 1. The van der Waals surface area contributed by atoms with Crippen LogP contribution in [-0.2, 0) is 11.3 Å². The summed E-state index contributed by atoms with van der Waals surface area (Å²) in [4.78, 5) is 12.2. The molecule has 3 rings (SSSR count). The summed E-state index contributed by atoms with van der Waals surface area (Å²) in [6.07, 6.45) is 0. The number of hydrogen-bond acceptors (Lipinski definition) is 3. The first kappa shape index (κ1) is 22.4. The second kappa shape index (κ2) is 10.1. The third-order valence-corrected chi connectivity index (χ3v) is 5.76. The average molecular weight is 532 g/mol. The predicted molar refractivity (Wildman–Crippen MR) is 130 cm³/mol. The number of ether oxygens (including phenoxy) is 1. The maximum Gasteiger partial charge on any atom is 0.262 e. The van der Waals surface area contributed by atoms with Crippen molar-refractivity contribution in [2.45, 2.75) is 27.3 Å². The fourth-order valence-electron chi connectivity index (χ4n) is 3.03. The van der Waals surface area contributed by atoms with E-state index in [4.69, 9.17) is 4.74 Å². The molecular formula is C24H24Br2N2O2. The van der Waals surface area contributed by atoms with Gasteiger partial charge in [-0.15, -0.1) is 0 Å². The van der Waals surface area contributed by atoms with Crippen molar-refractivity contribution in [2.24, 2.45) is 0 Å². The molecule has 3 aromatic rings. The molecule has 0 saturated heterocycles. The van der Waals surface area contributed by atoms with Crippen molar-refractivity contribution in [3.8, 4) is 5.75 Å². The molecule has 30 heavy (non-hydrogen) atoms. The minimum Gasteiger partial charge on any atom is -0.481 e. The summed E-state index contributed by atoms with van der Waals surface area (Å²) in [5.41, 5.74) is 6.48. The molecule has 0 spiro atoms. The van der Waals surface area contributed by atoms with Crippen molar-refractivity contribution in [3.63, 3.8) is 0 Å². The van der Waals surface area contributed by atoms with E-state index in [1.165, 1.54) is 11.1 Å². The van der Waals surface area contributed by atoms with E-state index >= 15 is 0 Å². The Balaban J connectivity index is 1.61. The zero-order valence-corrected chi connectivity index (χ0v) is 20.4. The zero-order valence-electron chi connectivity index (χ0n) is 17.2. The van der Waals surface area contributed by atoms with Crippen LogP contribution in [0, 0.1) is 20.8 Å². The molecule has 0 heterocycles. The summed E-state index contributed by atoms with van der Waals surface area (Å²) in [7, 11) is 0. The van der Waals surface area contributed by atoms with Gasteiger partial charge in [-0.25, -0.2) is 0 Å².